The van der Waals surface area contributed by atoms with E-state index < -0.39 is 11.1 Å². The molecule has 34 heavy (non-hydrogen) atoms. The molecule has 0 aromatic heterocycles. The van der Waals surface area contributed by atoms with Crippen LogP contribution in [0.5, 0.6) is 11.5 Å². The van der Waals surface area contributed by atoms with Crippen LogP contribution in [0.1, 0.15) is 24.0 Å². The van der Waals surface area contributed by atoms with Crippen LogP contribution in [-0.4, -0.2) is 53.6 Å². The zero-order valence-electron chi connectivity index (χ0n) is 18.4. The minimum absolute atomic E-state index is 0.118. The van der Waals surface area contributed by atoms with Crippen molar-refractivity contribution in [2.24, 2.45) is 0 Å². The van der Waals surface area contributed by atoms with Crippen LogP contribution in [0.4, 0.5) is 4.79 Å². The largest absolute Gasteiger partial charge is 0.493 e. The predicted molar refractivity (Wildman–Crippen MR) is 132 cm³/mol. The first-order chi connectivity index (χ1) is 16.4. The van der Waals surface area contributed by atoms with Crippen molar-refractivity contribution in [2.45, 2.75) is 19.4 Å². The number of imide groups is 1. The Morgan fingerprint density at radius 2 is 1.79 bits per heavy atom. The summed E-state index contributed by atoms with van der Waals surface area (Å²) in [6, 6.07) is 10.4. The van der Waals surface area contributed by atoms with Gasteiger partial charge in [0.15, 0.2) is 11.5 Å². The van der Waals surface area contributed by atoms with Crippen LogP contribution in [0.3, 0.4) is 0 Å². The van der Waals surface area contributed by atoms with Crippen molar-refractivity contribution in [1.82, 2.24) is 9.80 Å². The third-order valence-electron chi connectivity index (χ3n) is 5.54. The molecular weight excluding hydrogens is 499 g/mol. The van der Waals surface area contributed by atoms with E-state index in [0.717, 1.165) is 29.5 Å². The van der Waals surface area contributed by atoms with E-state index in [4.69, 9.17) is 32.7 Å². The van der Waals surface area contributed by atoms with Crippen molar-refractivity contribution < 1.29 is 23.9 Å². The summed E-state index contributed by atoms with van der Waals surface area (Å²) in [7, 11) is 1.52. The van der Waals surface area contributed by atoms with Gasteiger partial charge >= 0.3 is 0 Å². The fourth-order valence-electron chi connectivity index (χ4n) is 3.71. The summed E-state index contributed by atoms with van der Waals surface area (Å²) in [6.07, 6.45) is 3.48. The number of benzene rings is 2. The molecule has 3 amide bonds. The van der Waals surface area contributed by atoms with Gasteiger partial charge in [-0.1, -0.05) is 35.3 Å². The van der Waals surface area contributed by atoms with E-state index in [2.05, 4.69) is 0 Å². The first-order valence-electron chi connectivity index (χ1n) is 10.6. The minimum atomic E-state index is -0.483. The summed E-state index contributed by atoms with van der Waals surface area (Å²) >= 11 is 13.3. The van der Waals surface area contributed by atoms with E-state index in [1.165, 1.54) is 7.11 Å². The number of nitrogens with zero attached hydrogens (tertiary/aromatic N) is 2. The maximum atomic E-state index is 12.8. The topological polar surface area (TPSA) is 76.2 Å². The molecule has 10 heteroatoms. The summed E-state index contributed by atoms with van der Waals surface area (Å²) < 4.78 is 11.3. The molecule has 2 aliphatic heterocycles. The lowest BCUT2D eigenvalue weighted by atomic mass is 10.1. The first kappa shape index (κ1) is 24.4. The third-order valence-corrected chi connectivity index (χ3v) is 7.16. The number of thioether (sulfide) groups is 1. The van der Waals surface area contributed by atoms with Gasteiger partial charge < -0.3 is 14.4 Å². The zero-order chi connectivity index (χ0) is 24.2. The van der Waals surface area contributed by atoms with Crippen LogP contribution in [-0.2, 0) is 16.2 Å². The van der Waals surface area contributed by atoms with Crippen molar-refractivity contribution in [3.8, 4) is 11.5 Å². The van der Waals surface area contributed by atoms with Crippen LogP contribution < -0.4 is 9.47 Å². The lowest BCUT2D eigenvalue weighted by molar-refractivity contribution is -0.135. The van der Waals surface area contributed by atoms with E-state index in [9.17, 15) is 14.4 Å². The van der Waals surface area contributed by atoms with Crippen molar-refractivity contribution >= 4 is 58.1 Å². The lowest BCUT2D eigenvalue weighted by Crippen LogP contribution is -2.40. The molecule has 0 spiro atoms. The van der Waals surface area contributed by atoms with Crippen LogP contribution in [0.15, 0.2) is 41.3 Å². The monoisotopic (exact) mass is 520 g/mol. The maximum absolute atomic E-state index is 12.8. The molecular formula is C24H22Cl2N2O5S. The summed E-state index contributed by atoms with van der Waals surface area (Å²) in [5, 5.41) is 0.515. The number of hydrogen-bond donors (Lipinski definition) is 0. The molecule has 4 rings (SSSR count). The van der Waals surface area contributed by atoms with Gasteiger partial charge in [-0.15, -0.1) is 0 Å². The van der Waals surface area contributed by atoms with Gasteiger partial charge in [0.05, 0.1) is 12.0 Å². The van der Waals surface area contributed by atoms with E-state index in [1.54, 1.807) is 47.4 Å². The molecule has 2 aromatic rings. The van der Waals surface area contributed by atoms with Gasteiger partial charge in [-0.25, -0.2) is 0 Å². The zero-order valence-corrected chi connectivity index (χ0v) is 20.7. The van der Waals surface area contributed by atoms with Gasteiger partial charge in [0, 0.05) is 28.7 Å². The molecule has 2 saturated heterocycles. The molecule has 2 aliphatic rings. The molecule has 2 aromatic carbocycles. The summed E-state index contributed by atoms with van der Waals surface area (Å²) in [5.74, 6) is 0.225. The Morgan fingerprint density at radius 1 is 1.09 bits per heavy atom. The van der Waals surface area contributed by atoms with E-state index in [0.29, 0.717) is 45.8 Å². The van der Waals surface area contributed by atoms with Crippen LogP contribution in [0.2, 0.25) is 10.0 Å². The SMILES string of the molecule is COc1ccc(/C=C2\SC(=O)N(CC(=O)N3CCCC3)C2=O)cc1OCc1c(Cl)cccc1Cl. The molecule has 0 bridgehead atoms. The molecule has 0 atom stereocenters. The number of rotatable bonds is 7. The number of likely N-dealkylation sites (tertiary alicyclic amines) is 1. The van der Waals surface area contributed by atoms with E-state index >= 15 is 0 Å². The molecule has 0 radical (unpaired) electrons. The van der Waals surface area contributed by atoms with Crippen LogP contribution in [0, 0.1) is 0 Å². The highest BCUT2D eigenvalue weighted by molar-refractivity contribution is 8.18. The molecule has 7 nitrogen and oxygen atoms in total. The third kappa shape index (κ3) is 5.35. The normalized spacial score (nSPS) is 17.1. The van der Waals surface area contributed by atoms with Gasteiger partial charge in [-0.05, 0) is 60.5 Å². The molecule has 0 aliphatic carbocycles. The molecule has 0 saturated carbocycles. The number of amides is 3. The Labute approximate surface area is 211 Å². The quantitative estimate of drug-likeness (QED) is 0.464. The Kier molecular flexibility index (Phi) is 7.70. The highest BCUT2D eigenvalue weighted by Crippen LogP contribution is 2.35. The lowest BCUT2D eigenvalue weighted by Gasteiger charge is -2.18. The van der Waals surface area contributed by atoms with Gasteiger partial charge in [-0.2, -0.15) is 0 Å². The van der Waals surface area contributed by atoms with Crippen molar-refractivity contribution in [1.29, 1.82) is 0 Å². The highest BCUT2D eigenvalue weighted by atomic mass is 35.5. The van der Waals surface area contributed by atoms with Gasteiger partial charge in [0.1, 0.15) is 13.2 Å². The van der Waals surface area contributed by atoms with E-state index in [-0.39, 0.29) is 24.0 Å². The molecule has 0 N–H and O–H groups in total. The number of carbonyl (C=O) groups is 3. The predicted octanol–water partition coefficient (Wildman–Crippen LogP) is 5.24. The first-order valence-corrected chi connectivity index (χ1v) is 12.2. The number of halogens is 2. The fourth-order valence-corrected chi connectivity index (χ4v) is 5.05. The number of methoxy groups -OCH3 is 1. The maximum Gasteiger partial charge on any atom is 0.294 e. The number of hydrogen-bond acceptors (Lipinski definition) is 6. The average molecular weight is 521 g/mol. The van der Waals surface area contributed by atoms with Crippen molar-refractivity contribution in [2.75, 3.05) is 26.7 Å². The summed E-state index contributed by atoms with van der Waals surface area (Å²) in [5.41, 5.74) is 1.28. The molecule has 178 valence electrons. The molecule has 2 heterocycles. The highest BCUT2D eigenvalue weighted by Gasteiger charge is 2.37. The Hall–Kier alpha value is -2.68. The number of carbonyl (C=O) groups excluding carboxylic acids is 3. The number of ether oxygens (including phenoxy) is 2. The second-order valence-electron chi connectivity index (χ2n) is 7.75. The second-order valence-corrected chi connectivity index (χ2v) is 9.56. The summed E-state index contributed by atoms with van der Waals surface area (Å²) in [6.45, 7) is 1.21. The van der Waals surface area contributed by atoms with Gasteiger partial charge in [0.2, 0.25) is 5.91 Å². The van der Waals surface area contributed by atoms with Crippen LogP contribution >= 0.6 is 35.0 Å². The van der Waals surface area contributed by atoms with Gasteiger partial charge in [0.25, 0.3) is 11.1 Å². The Bertz CT molecular complexity index is 1140. The second kappa shape index (κ2) is 10.7. The summed E-state index contributed by atoms with van der Waals surface area (Å²) in [4.78, 5) is 40.6. The Morgan fingerprint density at radius 3 is 2.47 bits per heavy atom. The van der Waals surface area contributed by atoms with Crippen molar-refractivity contribution in [3.63, 3.8) is 0 Å². The Balaban J connectivity index is 1.50. The average Bonchev–Trinajstić information content (AvgIpc) is 3.44. The molecule has 0 unspecified atom stereocenters. The molecule has 2 fully saturated rings. The van der Waals surface area contributed by atoms with Crippen LogP contribution in [0.25, 0.3) is 6.08 Å². The van der Waals surface area contributed by atoms with Gasteiger partial charge in [-0.3, -0.25) is 19.3 Å². The smallest absolute Gasteiger partial charge is 0.294 e. The van der Waals surface area contributed by atoms with Crippen molar-refractivity contribution in [3.05, 3.63) is 62.5 Å². The minimum Gasteiger partial charge on any atom is -0.493 e. The van der Waals surface area contributed by atoms with E-state index in [1.807, 2.05) is 0 Å². The standard InChI is InChI=1S/C24H22Cl2N2O5S/c1-32-19-8-7-15(11-20(19)33-14-16-17(25)5-4-6-18(16)26)12-21-23(30)28(24(31)34-21)13-22(29)27-9-2-3-10-27/h4-8,11-12H,2-3,9-10,13-14H2,1H3/b21-12-. The fraction of sp³-hybridized carbons (Fsp3) is 0.292.